The van der Waals surface area contributed by atoms with Gasteiger partial charge in [-0.3, -0.25) is 18.7 Å². The molecule has 0 fully saturated rings. The minimum absolute atomic E-state index is 0.179. The fourth-order valence-electron chi connectivity index (χ4n) is 2.67. The van der Waals surface area contributed by atoms with Crippen molar-refractivity contribution >= 4 is 34.2 Å². The molecule has 2 heterocycles. The first kappa shape index (κ1) is 17.1. The van der Waals surface area contributed by atoms with Crippen LogP contribution in [0.1, 0.15) is 18.1 Å². The number of aromatic nitrogens is 3. The van der Waals surface area contributed by atoms with Crippen LogP contribution in [0.4, 0.5) is 5.69 Å². The number of amides is 1. The number of nitrogens with one attached hydrogen (secondary N) is 1. The molecule has 0 aliphatic rings. The van der Waals surface area contributed by atoms with Gasteiger partial charge in [0, 0.05) is 17.6 Å². The third-order valence-corrected chi connectivity index (χ3v) is 4.65. The number of fused-ring (bicyclic) bond motifs is 1. The van der Waals surface area contributed by atoms with E-state index in [0.717, 1.165) is 27.2 Å². The molecular formula is C17H18N4O3S. The molecule has 2 aromatic heterocycles. The molecular weight excluding hydrogens is 340 g/mol. The molecule has 1 aromatic carbocycles. The minimum Gasteiger partial charge on any atom is -0.324 e. The van der Waals surface area contributed by atoms with Crippen molar-refractivity contribution in [2.75, 3.05) is 5.32 Å². The summed E-state index contributed by atoms with van der Waals surface area (Å²) in [5, 5.41) is 4.45. The second kappa shape index (κ2) is 6.64. The predicted molar refractivity (Wildman–Crippen MR) is 98.4 cm³/mol. The fourth-order valence-corrected chi connectivity index (χ4v) is 3.34. The fraction of sp³-hybridized carbons (Fsp3) is 0.294. The van der Waals surface area contributed by atoms with Gasteiger partial charge in [-0.15, -0.1) is 0 Å². The highest BCUT2D eigenvalue weighted by Crippen LogP contribution is 2.16. The lowest BCUT2D eigenvalue weighted by Crippen LogP contribution is -2.41. The Morgan fingerprint density at radius 1 is 1.24 bits per heavy atom. The van der Waals surface area contributed by atoms with E-state index in [9.17, 15) is 14.4 Å². The Balaban J connectivity index is 1.99. The molecule has 8 heteroatoms. The zero-order valence-electron chi connectivity index (χ0n) is 14.2. The number of benzene rings is 1. The molecule has 25 heavy (non-hydrogen) atoms. The first-order chi connectivity index (χ1) is 11.9. The molecule has 0 saturated heterocycles. The summed E-state index contributed by atoms with van der Waals surface area (Å²) in [4.78, 5) is 37.3. The van der Waals surface area contributed by atoms with Crippen LogP contribution in [0.25, 0.3) is 11.0 Å². The van der Waals surface area contributed by atoms with Crippen molar-refractivity contribution in [3.05, 3.63) is 55.5 Å². The van der Waals surface area contributed by atoms with E-state index in [-0.39, 0.29) is 24.5 Å². The number of hydrogen-bond acceptors (Lipinski definition) is 5. The van der Waals surface area contributed by atoms with E-state index in [1.807, 2.05) is 32.0 Å². The Kier molecular flexibility index (Phi) is 4.54. The summed E-state index contributed by atoms with van der Waals surface area (Å²) in [6.07, 6.45) is 0. The average molecular weight is 358 g/mol. The smallest absolute Gasteiger partial charge is 0.324 e. The number of carbonyl (C=O) groups excluding carboxylic acids is 1. The number of nitrogens with zero attached hydrogens (tertiary/aromatic N) is 3. The molecule has 0 spiro atoms. The Labute approximate surface area is 147 Å². The second-order valence-corrected chi connectivity index (χ2v) is 6.46. The van der Waals surface area contributed by atoms with E-state index in [1.54, 1.807) is 12.3 Å². The number of anilines is 1. The number of hydrogen-bond donors (Lipinski definition) is 1. The predicted octanol–water partition coefficient (Wildman–Crippen LogP) is 1.90. The summed E-state index contributed by atoms with van der Waals surface area (Å²) >= 11 is 1.09. The maximum Gasteiger partial charge on any atom is 0.332 e. The standard InChI is InChI=1S/C17H18N4O3S/c1-4-20-16(23)15-13(9-25-19-15)21(17(20)24)8-14(22)18-12-7-10(2)5-6-11(12)3/h5-7,9H,4,8H2,1-3H3,(H,18,22). The van der Waals surface area contributed by atoms with Crippen LogP contribution in [0.15, 0.2) is 33.2 Å². The van der Waals surface area contributed by atoms with Crippen LogP contribution in [-0.2, 0) is 17.9 Å². The molecule has 0 aliphatic carbocycles. The van der Waals surface area contributed by atoms with Gasteiger partial charge in [0.25, 0.3) is 5.56 Å². The molecule has 0 aliphatic heterocycles. The van der Waals surface area contributed by atoms with E-state index in [0.29, 0.717) is 11.2 Å². The highest BCUT2D eigenvalue weighted by Gasteiger charge is 2.16. The summed E-state index contributed by atoms with van der Waals surface area (Å²) in [5.41, 5.74) is 2.36. The zero-order chi connectivity index (χ0) is 18.1. The van der Waals surface area contributed by atoms with Gasteiger partial charge in [0.2, 0.25) is 5.91 Å². The Morgan fingerprint density at radius 2 is 2.00 bits per heavy atom. The summed E-state index contributed by atoms with van der Waals surface area (Å²) in [6.45, 7) is 5.60. The normalized spacial score (nSPS) is 11.0. The second-order valence-electron chi connectivity index (χ2n) is 5.83. The summed E-state index contributed by atoms with van der Waals surface area (Å²) in [7, 11) is 0. The van der Waals surface area contributed by atoms with Gasteiger partial charge >= 0.3 is 5.69 Å². The largest absolute Gasteiger partial charge is 0.332 e. The third-order valence-electron chi connectivity index (χ3n) is 4.04. The quantitative estimate of drug-likeness (QED) is 0.772. The molecule has 7 nitrogen and oxygen atoms in total. The monoisotopic (exact) mass is 358 g/mol. The highest BCUT2D eigenvalue weighted by molar-refractivity contribution is 7.04. The van der Waals surface area contributed by atoms with Crippen molar-refractivity contribution in [1.29, 1.82) is 0 Å². The maximum atomic E-state index is 12.6. The lowest BCUT2D eigenvalue weighted by molar-refractivity contribution is -0.116. The Hall–Kier alpha value is -2.74. The van der Waals surface area contributed by atoms with E-state index in [2.05, 4.69) is 9.69 Å². The van der Waals surface area contributed by atoms with Crippen LogP contribution in [-0.4, -0.2) is 19.4 Å². The molecule has 3 aromatic rings. The highest BCUT2D eigenvalue weighted by atomic mass is 32.1. The van der Waals surface area contributed by atoms with Crippen LogP contribution < -0.4 is 16.6 Å². The number of rotatable bonds is 4. The van der Waals surface area contributed by atoms with Crippen molar-refractivity contribution in [2.45, 2.75) is 33.9 Å². The maximum absolute atomic E-state index is 12.6. The van der Waals surface area contributed by atoms with Crippen molar-refractivity contribution < 1.29 is 4.79 Å². The van der Waals surface area contributed by atoms with E-state index in [4.69, 9.17) is 0 Å². The minimum atomic E-state index is -0.503. The topological polar surface area (TPSA) is 86.0 Å². The van der Waals surface area contributed by atoms with Crippen LogP contribution in [0.2, 0.25) is 0 Å². The van der Waals surface area contributed by atoms with Gasteiger partial charge in [0.05, 0.1) is 5.52 Å². The van der Waals surface area contributed by atoms with Crippen LogP contribution in [0.5, 0.6) is 0 Å². The van der Waals surface area contributed by atoms with Gasteiger partial charge < -0.3 is 5.32 Å². The molecule has 0 bridgehead atoms. The van der Waals surface area contributed by atoms with E-state index >= 15 is 0 Å². The molecule has 3 rings (SSSR count). The molecule has 130 valence electrons. The van der Waals surface area contributed by atoms with Gasteiger partial charge in [-0.1, -0.05) is 12.1 Å². The van der Waals surface area contributed by atoms with E-state index in [1.165, 1.54) is 4.57 Å². The molecule has 0 saturated carbocycles. The van der Waals surface area contributed by atoms with Gasteiger partial charge in [0.15, 0.2) is 5.52 Å². The van der Waals surface area contributed by atoms with Crippen molar-refractivity contribution in [3.8, 4) is 0 Å². The molecule has 0 unspecified atom stereocenters. The SMILES string of the molecule is CCn1c(=O)c2nscc2n(CC(=O)Nc2cc(C)ccc2C)c1=O. The number of aryl methyl sites for hydroxylation is 2. The van der Waals surface area contributed by atoms with Crippen molar-refractivity contribution in [3.63, 3.8) is 0 Å². The molecule has 0 atom stereocenters. The van der Waals surface area contributed by atoms with Gasteiger partial charge in [-0.2, -0.15) is 4.37 Å². The average Bonchev–Trinajstić information content (AvgIpc) is 3.05. The Bertz CT molecular complexity index is 1080. The lowest BCUT2D eigenvalue weighted by atomic mass is 10.1. The molecule has 0 radical (unpaired) electrons. The van der Waals surface area contributed by atoms with Crippen LogP contribution >= 0.6 is 11.5 Å². The summed E-state index contributed by atoms with van der Waals surface area (Å²) in [6, 6.07) is 5.77. The van der Waals surface area contributed by atoms with Crippen molar-refractivity contribution in [2.24, 2.45) is 0 Å². The van der Waals surface area contributed by atoms with Crippen molar-refractivity contribution in [1.82, 2.24) is 13.5 Å². The van der Waals surface area contributed by atoms with Gasteiger partial charge in [0.1, 0.15) is 6.54 Å². The summed E-state index contributed by atoms with van der Waals surface area (Å²) < 4.78 is 6.45. The first-order valence-electron chi connectivity index (χ1n) is 7.87. The molecule has 1 amide bonds. The van der Waals surface area contributed by atoms with Crippen LogP contribution in [0, 0.1) is 13.8 Å². The zero-order valence-corrected chi connectivity index (χ0v) is 15.0. The molecule has 1 N–H and O–H groups in total. The van der Waals surface area contributed by atoms with Gasteiger partial charge in [-0.05, 0) is 49.5 Å². The van der Waals surface area contributed by atoms with E-state index < -0.39 is 11.2 Å². The third kappa shape index (κ3) is 3.12. The first-order valence-corrected chi connectivity index (χ1v) is 8.71. The number of carbonyl (C=O) groups is 1. The summed E-state index contributed by atoms with van der Waals surface area (Å²) in [5.74, 6) is -0.329. The van der Waals surface area contributed by atoms with Crippen LogP contribution in [0.3, 0.4) is 0 Å². The lowest BCUT2D eigenvalue weighted by Gasteiger charge is -2.12. The Morgan fingerprint density at radius 3 is 2.72 bits per heavy atom. The van der Waals surface area contributed by atoms with Gasteiger partial charge in [-0.25, -0.2) is 4.79 Å².